The van der Waals surface area contributed by atoms with Gasteiger partial charge in [-0.05, 0) is 42.9 Å². The number of hydrogen-bond donors (Lipinski definition) is 3. The number of rotatable bonds is 7. The maximum atomic E-state index is 12.0. The molecule has 1 rings (SSSR count). The number of thiocarbonyl (C=S) groups is 1. The summed E-state index contributed by atoms with van der Waals surface area (Å²) >= 11 is 26.4. The first-order valence-electron chi connectivity index (χ1n) is 7.41. The number of anilines is 1. The van der Waals surface area contributed by atoms with E-state index in [0.717, 1.165) is 29.4 Å². The lowest BCUT2D eigenvalue weighted by atomic mass is 10.2. The maximum Gasteiger partial charge on any atom is 0.228 e. The zero-order chi connectivity index (χ0) is 18.2. The molecule has 134 valence electrons. The van der Waals surface area contributed by atoms with Crippen molar-refractivity contribution in [3.8, 4) is 0 Å². The van der Waals surface area contributed by atoms with Gasteiger partial charge in [0.15, 0.2) is 5.11 Å². The fourth-order valence-electron chi connectivity index (χ4n) is 1.80. The highest BCUT2D eigenvalue weighted by Gasteiger charge is 2.34. The first-order valence-corrected chi connectivity index (χ1v) is 9.75. The van der Waals surface area contributed by atoms with E-state index in [1.807, 2.05) is 24.3 Å². The van der Waals surface area contributed by atoms with Crippen LogP contribution in [0.4, 0.5) is 5.69 Å². The third kappa shape index (κ3) is 8.72. The van der Waals surface area contributed by atoms with E-state index in [1.54, 1.807) is 0 Å². The molecule has 0 aliphatic heterocycles. The van der Waals surface area contributed by atoms with Gasteiger partial charge < -0.3 is 16.0 Å². The molecule has 0 saturated heterocycles. The highest BCUT2D eigenvalue weighted by molar-refractivity contribution is 9.10. The van der Waals surface area contributed by atoms with Crippen molar-refractivity contribution in [3.63, 3.8) is 0 Å². The second-order valence-corrected chi connectivity index (χ2v) is 8.80. The van der Waals surface area contributed by atoms with Crippen LogP contribution in [-0.4, -0.2) is 21.0 Å². The number of hydrogen-bond acceptors (Lipinski definition) is 2. The van der Waals surface area contributed by atoms with Crippen LogP contribution in [0.25, 0.3) is 0 Å². The first-order chi connectivity index (χ1) is 11.2. The van der Waals surface area contributed by atoms with Gasteiger partial charge in [-0.3, -0.25) is 4.79 Å². The minimum absolute atomic E-state index is 0.196. The van der Waals surface area contributed by atoms with Crippen molar-refractivity contribution >= 4 is 79.7 Å². The molecule has 0 aromatic heterocycles. The van der Waals surface area contributed by atoms with Crippen LogP contribution in [-0.2, 0) is 4.79 Å². The largest absolute Gasteiger partial charge is 0.339 e. The third-order valence-electron chi connectivity index (χ3n) is 3.02. The average molecular weight is 476 g/mol. The number of halogens is 4. The van der Waals surface area contributed by atoms with Crippen molar-refractivity contribution in [2.75, 3.05) is 5.32 Å². The van der Waals surface area contributed by atoms with Crippen molar-refractivity contribution in [1.29, 1.82) is 0 Å². The number of unbranched alkanes of at least 4 members (excludes halogenated alkanes) is 2. The Labute approximate surface area is 171 Å². The van der Waals surface area contributed by atoms with Gasteiger partial charge in [0, 0.05) is 16.6 Å². The standard InChI is InChI=1S/C15H19BrCl3N3OS/c1-2-3-4-5-12(23)21-13(15(17,18)19)22-14(24)20-11-8-6-10(16)7-9-11/h6-9,13H,2-5H2,1H3,(H,21,23)(H2,20,22,24)/t13-/m0/s1. The van der Waals surface area contributed by atoms with Gasteiger partial charge in [-0.1, -0.05) is 70.5 Å². The number of amides is 1. The number of nitrogens with one attached hydrogen (secondary N) is 3. The Bertz CT molecular complexity index is 552. The predicted octanol–water partition coefficient (Wildman–Crippen LogP) is 5.13. The molecule has 4 nitrogen and oxygen atoms in total. The highest BCUT2D eigenvalue weighted by atomic mass is 79.9. The van der Waals surface area contributed by atoms with Gasteiger partial charge in [-0.25, -0.2) is 0 Å². The summed E-state index contributed by atoms with van der Waals surface area (Å²) in [6.45, 7) is 2.07. The molecule has 3 N–H and O–H groups in total. The highest BCUT2D eigenvalue weighted by Crippen LogP contribution is 2.29. The zero-order valence-corrected chi connectivity index (χ0v) is 17.7. The van der Waals surface area contributed by atoms with Gasteiger partial charge in [-0.2, -0.15) is 0 Å². The Morgan fingerprint density at radius 3 is 2.38 bits per heavy atom. The molecule has 0 spiro atoms. The summed E-state index contributed by atoms with van der Waals surface area (Å²) < 4.78 is -0.795. The molecule has 0 aliphatic carbocycles. The molecular weight excluding hydrogens is 457 g/mol. The Morgan fingerprint density at radius 2 is 1.83 bits per heavy atom. The van der Waals surface area contributed by atoms with E-state index < -0.39 is 9.96 Å². The first kappa shape index (κ1) is 21.8. The molecule has 1 aromatic carbocycles. The summed E-state index contributed by atoms with van der Waals surface area (Å²) in [5.41, 5.74) is 0.771. The van der Waals surface area contributed by atoms with Gasteiger partial charge in [0.1, 0.15) is 6.17 Å². The summed E-state index contributed by atoms with van der Waals surface area (Å²) in [5.74, 6) is -0.196. The van der Waals surface area contributed by atoms with Crippen molar-refractivity contribution in [2.24, 2.45) is 0 Å². The normalized spacial score (nSPS) is 12.4. The number of benzene rings is 1. The van der Waals surface area contributed by atoms with Crippen molar-refractivity contribution in [3.05, 3.63) is 28.7 Å². The van der Waals surface area contributed by atoms with Crippen LogP contribution in [0.15, 0.2) is 28.7 Å². The fraction of sp³-hybridized carbons (Fsp3) is 0.467. The van der Waals surface area contributed by atoms with Gasteiger partial charge in [0.05, 0.1) is 0 Å². The van der Waals surface area contributed by atoms with Crippen LogP contribution in [0.5, 0.6) is 0 Å². The van der Waals surface area contributed by atoms with Crippen LogP contribution in [0.1, 0.15) is 32.6 Å². The average Bonchev–Trinajstić information content (AvgIpc) is 2.48. The molecule has 24 heavy (non-hydrogen) atoms. The van der Waals surface area contributed by atoms with Crippen molar-refractivity contribution in [2.45, 2.75) is 42.6 Å². The molecule has 9 heteroatoms. The molecule has 0 bridgehead atoms. The molecule has 0 heterocycles. The second-order valence-electron chi connectivity index (χ2n) is 5.10. The maximum absolute atomic E-state index is 12.0. The summed E-state index contributed by atoms with van der Waals surface area (Å²) in [4.78, 5) is 12.0. The van der Waals surface area contributed by atoms with Crippen LogP contribution in [0.2, 0.25) is 0 Å². The van der Waals surface area contributed by atoms with Crippen molar-refractivity contribution < 1.29 is 4.79 Å². The predicted molar refractivity (Wildman–Crippen MR) is 110 cm³/mol. The molecule has 1 amide bonds. The van der Waals surface area contributed by atoms with Gasteiger partial charge in [0.25, 0.3) is 0 Å². The van der Waals surface area contributed by atoms with Gasteiger partial charge >= 0.3 is 0 Å². The lowest BCUT2D eigenvalue weighted by Crippen LogP contribution is -2.56. The fourth-order valence-corrected chi connectivity index (χ4v) is 2.63. The molecule has 0 saturated carbocycles. The quantitative estimate of drug-likeness (QED) is 0.222. The lowest BCUT2D eigenvalue weighted by molar-refractivity contribution is -0.122. The van der Waals surface area contributed by atoms with Crippen molar-refractivity contribution in [1.82, 2.24) is 10.6 Å². The summed E-state index contributed by atoms with van der Waals surface area (Å²) in [6.07, 6.45) is 2.23. The van der Waals surface area contributed by atoms with Crippen LogP contribution in [0.3, 0.4) is 0 Å². The molecule has 1 atom stereocenters. The number of carbonyl (C=O) groups is 1. The minimum Gasteiger partial charge on any atom is -0.339 e. The van der Waals surface area contributed by atoms with E-state index >= 15 is 0 Å². The Kier molecular flexibility index (Phi) is 9.67. The summed E-state index contributed by atoms with van der Waals surface area (Å²) in [7, 11) is 0. The zero-order valence-electron chi connectivity index (χ0n) is 13.0. The molecule has 1 aromatic rings. The van der Waals surface area contributed by atoms with E-state index in [9.17, 15) is 4.79 Å². The molecule has 0 radical (unpaired) electrons. The Balaban J connectivity index is 2.60. The van der Waals surface area contributed by atoms with Gasteiger partial charge in [-0.15, -0.1) is 0 Å². The minimum atomic E-state index is -1.74. The molecule has 0 aliphatic rings. The van der Waals surface area contributed by atoms with E-state index in [-0.39, 0.29) is 11.0 Å². The SMILES string of the molecule is CCCCCC(=O)N[C@@H](NC(=S)Nc1ccc(Br)cc1)C(Cl)(Cl)Cl. The van der Waals surface area contributed by atoms with Crippen LogP contribution in [0, 0.1) is 0 Å². The number of alkyl halides is 3. The third-order valence-corrected chi connectivity index (χ3v) is 4.42. The summed E-state index contributed by atoms with van der Waals surface area (Å²) in [5, 5.41) is 8.69. The van der Waals surface area contributed by atoms with E-state index in [1.165, 1.54) is 0 Å². The summed E-state index contributed by atoms with van der Waals surface area (Å²) in [6, 6.07) is 7.41. The molecule has 0 unspecified atom stereocenters. The van der Waals surface area contributed by atoms with Crippen LogP contribution >= 0.6 is 63.0 Å². The smallest absolute Gasteiger partial charge is 0.228 e. The second kappa shape index (κ2) is 10.7. The molecule has 0 fully saturated rings. The number of carbonyl (C=O) groups excluding carboxylic acids is 1. The topological polar surface area (TPSA) is 53.2 Å². The van der Waals surface area contributed by atoms with Crippen LogP contribution < -0.4 is 16.0 Å². The monoisotopic (exact) mass is 473 g/mol. The lowest BCUT2D eigenvalue weighted by Gasteiger charge is -2.27. The van der Waals surface area contributed by atoms with Gasteiger partial charge in [0.2, 0.25) is 9.70 Å². The van der Waals surface area contributed by atoms with E-state index in [0.29, 0.717) is 6.42 Å². The molecular formula is C15H19BrCl3N3OS. The van der Waals surface area contributed by atoms with E-state index in [2.05, 4.69) is 38.8 Å². The Morgan fingerprint density at radius 1 is 1.21 bits per heavy atom. The Hall–Kier alpha value is -0.270. The van der Waals surface area contributed by atoms with E-state index in [4.69, 9.17) is 47.0 Å².